The van der Waals surface area contributed by atoms with E-state index in [1.54, 1.807) is 0 Å². The van der Waals surface area contributed by atoms with Crippen molar-refractivity contribution in [2.24, 2.45) is 21.7 Å². The largest absolute Gasteiger partial charge is 0.372 e. The fourth-order valence-corrected chi connectivity index (χ4v) is 0.197. The third kappa shape index (κ3) is 13.1. The van der Waals surface area contributed by atoms with Crippen molar-refractivity contribution in [2.75, 3.05) is 0 Å². The predicted molar refractivity (Wildman–Crippen MR) is 44.4 cm³/mol. The van der Waals surface area contributed by atoms with Crippen molar-refractivity contribution in [3.8, 4) is 6.07 Å². The highest BCUT2D eigenvalue weighted by molar-refractivity contribution is 5.71. The second kappa shape index (κ2) is 6.72. The summed E-state index contributed by atoms with van der Waals surface area (Å²) in [5.74, 6) is 0. The second-order valence-corrected chi connectivity index (χ2v) is 2.35. The van der Waals surface area contributed by atoms with E-state index in [1.165, 1.54) is 13.8 Å². The zero-order chi connectivity index (χ0) is 10.9. The lowest BCUT2D eigenvalue weighted by Crippen LogP contribution is -2.13. The van der Waals surface area contributed by atoms with Gasteiger partial charge in [0, 0.05) is 0 Å². The lowest BCUT2D eigenvalue weighted by Gasteiger charge is -2.03. The van der Waals surface area contributed by atoms with Gasteiger partial charge in [-0.3, -0.25) is 4.79 Å². The molecule has 0 aromatic carbocycles. The van der Waals surface area contributed by atoms with Crippen LogP contribution in [0.3, 0.4) is 0 Å². The van der Waals surface area contributed by atoms with E-state index in [1.807, 2.05) is 6.07 Å². The van der Waals surface area contributed by atoms with Gasteiger partial charge < -0.3 is 11.5 Å². The van der Waals surface area contributed by atoms with E-state index >= 15 is 0 Å². The van der Waals surface area contributed by atoms with Crippen LogP contribution in [0.2, 0.25) is 0 Å². The quantitative estimate of drug-likeness (QED) is 0.436. The Morgan fingerprint density at radius 3 is 2.23 bits per heavy atom. The van der Waals surface area contributed by atoms with Crippen LogP contribution in [0, 0.1) is 11.3 Å². The summed E-state index contributed by atoms with van der Waals surface area (Å²) in [5.41, 5.74) is 7.85. The zero-order valence-electron chi connectivity index (χ0n) is 7.39. The first-order valence-corrected chi connectivity index (χ1v) is 3.18. The van der Waals surface area contributed by atoms with E-state index in [4.69, 9.17) is 10.1 Å². The third-order valence-electron chi connectivity index (χ3n) is 0.672. The van der Waals surface area contributed by atoms with Crippen LogP contribution >= 0.6 is 0 Å². The van der Waals surface area contributed by atoms with Crippen molar-refractivity contribution in [1.82, 2.24) is 0 Å². The van der Waals surface area contributed by atoms with E-state index in [0.29, 0.717) is 0 Å². The first-order chi connectivity index (χ1) is 5.89. The van der Waals surface area contributed by atoms with Crippen LogP contribution in [0.25, 0.3) is 0 Å². The molecule has 4 N–H and O–H groups in total. The minimum atomic E-state index is -0.963. The molecule has 0 radical (unpaired) electrons. The molecular formula is C6H11N5O2. The van der Waals surface area contributed by atoms with Crippen molar-refractivity contribution in [2.45, 2.75) is 19.4 Å². The minimum Gasteiger partial charge on any atom is -0.372 e. The summed E-state index contributed by atoms with van der Waals surface area (Å²) in [5, 5.41) is 14.7. The maximum Gasteiger partial charge on any atom is 0.356 e. The summed E-state index contributed by atoms with van der Waals surface area (Å²) in [7, 11) is 0. The average Bonchev–Trinajstić information content (AvgIpc) is 2.03. The number of urea groups is 1. The number of azo groups is 1. The first kappa shape index (κ1) is 13.6. The number of rotatable bonds is 1. The van der Waals surface area contributed by atoms with E-state index in [9.17, 15) is 4.79 Å². The molecule has 0 heterocycles. The molecule has 0 unspecified atom stereocenters. The van der Waals surface area contributed by atoms with Gasteiger partial charge in [-0.1, -0.05) is 5.11 Å². The molecule has 0 saturated carbocycles. The van der Waals surface area contributed by atoms with Gasteiger partial charge >= 0.3 is 6.03 Å². The number of primary amides is 2. The predicted octanol–water partition coefficient (Wildman–Crippen LogP) is -0.0790. The number of carbonyl (C=O) groups is 2. The number of amides is 3. The Balaban J connectivity index is 0. The van der Waals surface area contributed by atoms with Crippen molar-refractivity contribution in [3.05, 3.63) is 0 Å². The molecule has 0 fully saturated rings. The van der Waals surface area contributed by atoms with Crippen LogP contribution in [0.1, 0.15) is 13.8 Å². The van der Waals surface area contributed by atoms with Crippen molar-refractivity contribution in [3.63, 3.8) is 0 Å². The summed E-state index contributed by atoms with van der Waals surface area (Å²) < 4.78 is 0. The number of carbonyl (C=O) groups excluding carboxylic acids is 2. The SMILES string of the molecule is CC(C)(C#N)N=NC(N)=O.NC=O. The van der Waals surface area contributed by atoms with Gasteiger partial charge in [-0.2, -0.15) is 10.4 Å². The van der Waals surface area contributed by atoms with Gasteiger partial charge in [0.15, 0.2) is 5.54 Å². The Morgan fingerprint density at radius 2 is 2.00 bits per heavy atom. The van der Waals surface area contributed by atoms with Crippen molar-refractivity contribution >= 4 is 12.4 Å². The normalized spacial score (nSPS) is 9.62. The molecule has 0 spiro atoms. The molecule has 13 heavy (non-hydrogen) atoms. The molecule has 0 aromatic heterocycles. The highest BCUT2D eigenvalue weighted by Gasteiger charge is 2.14. The van der Waals surface area contributed by atoms with E-state index < -0.39 is 11.6 Å². The lowest BCUT2D eigenvalue weighted by molar-refractivity contribution is -0.106. The molecule has 0 bridgehead atoms. The van der Waals surface area contributed by atoms with Gasteiger partial charge in [0.1, 0.15) is 0 Å². The Labute approximate surface area is 75.4 Å². The van der Waals surface area contributed by atoms with Gasteiger partial charge in [0.25, 0.3) is 0 Å². The van der Waals surface area contributed by atoms with Crippen LogP contribution in [-0.4, -0.2) is 18.0 Å². The highest BCUT2D eigenvalue weighted by Crippen LogP contribution is 2.06. The maximum absolute atomic E-state index is 10.0. The van der Waals surface area contributed by atoms with Crippen LogP contribution in [0.15, 0.2) is 10.2 Å². The van der Waals surface area contributed by atoms with Gasteiger partial charge in [0.2, 0.25) is 6.41 Å². The van der Waals surface area contributed by atoms with Crippen LogP contribution < -0.4 is 11.5 Å². The maximum atomic E-state index is 10.0. The first-order valence-electron chi connectivity index (χ1n) is 3.18. The van der Waals surface area contributed by atoms with Crippen molar-refractivity contribution in [1.29, 1.82) is 5.26 Å². The lowest BCUT2D eigenvalue weighted by atomic mass is 10.1. The standard InChI is InChI=1S/C5H8N4O.CH3NO/c1-5(2,3-6)9-8-4(7)10;2-1-3/h1-2H3,(H2,7,10);1H,(H2,2,3). The molecule has 0 saturated heterocycles. The third-order valence-corrected chi connectivity index (χ3v) is 0.672. The molecule has 0 atom stereocenters. The monoisotopic (exact) mass is 185 g/mol. The van der Waals surface area contributed by atoms with Crippen molar-refractivity contribution < 1.29 is 9.59 Å². The van der Waals surface area contributed by atoms with Crippen LogP contribution in [0.4, 0.5) is 4.79 Å². The van der Waals surface area contributed by atoms with E-state index in [2.05, 4.69) is 21.7 Å². The van der Waals surface area contributed by atoms with Crippen LogP contribution in [0.5, 0.6) is 0 Å². The second-order valence-electron chi connectivity index (χ2n) is 2.35. The molecule has 7 nitrogen and oxygen atoms in total. The van der Waals surface area contributed by atoms with Crippen LogP contribution in [-0.2, 0) is 4.79 Å². The number of hydrogen-bond acceptors (Lipinski definition) is 4. The minimum absolute atomic E-state index is 0.250. The number of hydrogen-bond donors (Lipinski definition) is 2. The summed E-state index contributed by atoms with van der Waals surface area (Å²) in [4.78, 5) is 18.6. The molecule has 0 aromatic rings. The Bertz CT molecular complexity index is 240. The highest BCUT2D eigenvalue weighted by atomic mass is 16.2. The molecule has 7 heteroatoms. The van der Waals surface area contributed by atoms with E-state index in [0.717, 1.165) is 0 Å². The Hall–Kier alpha value is -1.97. The Morgan fingerprint density at radius 1 is 1.62 bits per heavy atom. The molecule has 0 aliphatic rings. The Kier molecular flexibility index (Phi) is 7.04. The smallest absolute Gasteiger partial charge is 0.356 e. The summed E-state index contributed by atoms with van der Waals surface area (Å²) in [6, 6.07) is 0.943. The molecule has 0 rings (SSSR count). The number of nitrogens with two attached hydrogens (primary N) is 2. The fourth-order valence-electron chi connectivity index (χ4n) is 0.197. The zero-order valence-corrected chi connectivity index (χ0v) is 7.39. The van der Waals surface area contributed by atoms with Gasteiger partial charge in [-0.05, 0) is 13.8 Å². The average molecular weight is 185 g/mol. The van der Waals surface area contributed by atoms with Gasteiger partial charge in [-0.25, -0.2) is 4.79 Å². The summed E-state index contributed by atoms with van der Waals surface area (Å²) in [6.45, 7) is 3.05. The molecule has 0 aliphatic carbocycles. The molecule has 72 valence electrons. The molecule has 0 aliphatic heterocycles. The molecular weight excluding hydrogens is 174 g/mol. The van der Waals surface area contributed by atoms with E-state index in [-0.39, 0.29) is 6.41 Å². The summed E-state index contributed by atoms with van der Waals surface area (Å²) >= 11 is 0. The van der Waals surface area contributed by atoms with Gasteiger partial charge in [-0.15, -0.1) is 0 Å². The fraction of sp³-hybridized carbons (Fsp3) is 0.500. The summed E-state index contributed by atoms with van der Waals surface area (Å²) in [6.07, 6.45) is 0.250. The van der Waals surface area contributed by atoms with Gasteiger partial charge in [0.05, 0.1) is 6.07 Å². The molecule has 3 amide bonds. The number of nitrogens with zero attached hydrogens (tertiary/aromatic N) is 3. The topological polar surface area (TPSA) is 135 Å². The number of nitriles is 1.